The molecule has 1 aliphatic rings. The summed E-state index contributed by atoms with van der Waals surface area (Å²) in [5.41, 5.74) is 0.760. The number of methoxy groups -OCH3 is 1. The highest BCUT2D eigenvalue weighted by molar-refractivity contribution is 5.98. The van der Waals surface area contributed by atoms with Crippen LogP contribution in [0.4, 0.5) is 4.79 Å². The number of amides is 3. The summed E-state index contributed by atoms with van der Waals surface area (Å²) in [5, 5.41) is 4.99. The van der Waals surface area contributed by atoms with Gasteiger partial charge in [0.15, 0.2) is 6.10 Å². The van der Waals surface area contributed by atoms with Crippen molar-refractivity contribution in [2.45, 2.75) is 51.2 Å². The van der Waals surface area contributed by atoms with Crippen LogP contribution >= 0.6 is 0 Å². The van der Waals surface area contributed by atoms with Gasteiger partial charge in [0.2, 0.25) is 0 Å². The van der Waals surface area contributed by atoms with Crippen molar-refractivity contribution in [1.29, 1.82) is 0 Å². The van der Waals surface area contributed by atoms with Crippen LogP contribution in [0.2, 0.25) is 0 Å². The molecule has 1 saturated carbocycles. The number of hydrogen-bond donors (Lipinski definition) is 2. The Hall–Kier alpha value is -2.83. The molecule has 3 amide bonds. The van der Waals surface area contributed by atoms with Gasteiger partial charge in [0, 0.05) is 12.1 Å². The monoisotopic (exact) mass is 374 g/mol. The molecule has 1 aromatic rings. The number of imide groups is 1. The molecule has 0 saturated heterocycles. The topological polar surface area (TPSA) is 93.7 Å². The molecule has 7 nitrogen and oxygen atoms in total. The summed E-state index contributed by atoms with van der Waals surface area (Å²) in [4.78, 5) is 35.7. The lowest BCUT2D eigenvalue weighted by atomic mass is 9.96. The lowest BCUT2D eigenvalue weighted by Crippen LogP contribution is -2.48. The zero-order valence-corrected chi connectivity index (χ0v) is 15.7. The van der Waals surface area contributed by atoms with Crippen LogP contribution in [0.3, 0.4) is 0 Å². The summed E-state index contributed by atoms with van der Waals surface area (Å²) >= 11 is 0. The Kier molecular flexibility index (Phi) is 7.85. The Labute approximate surface area is 159 Å². The summed E-state index contributed by atoms with van der Waals surface area (Å²) in [6.07, 6.45) is 6.87. The largest absolute Gasteiger partial charge is 0.497 e. The average Bonchev–Trinajstić information content (AvgIpc) is 2.67. The van der Waals surface area contributed by atoms with E-state index in [1.807, 2.05) is 0 Å². The predicted octanol–water partition coefficient (Wildman–Crippen LogP) is 2.80. The molecule has 0 aliphatic heterocycles. The molecule has 1 unspecified atom stereocenters. The van der Waals surface area contributed by atoms with E-state index in [9.17, 15) is 14.4 Å². The minimum Gasteiger partial charge on any atom is -0.497 e. The number of hydrogen-bond acceptors (Lipinski definition) is 5. The molecular formula is C20H26N2O5. The molecule has 146 valence electrons. The first-order valence-corrected chi connectivity index (χ1v) is 9.12. The highest BCUT2D eigenvalue weighted by atomic mass is 16.5. The van der Waals surface area contributed by atoms with Crippen molar-refractivity contribution in [3.63, 3.8) is 0 Å². The molecule has 2 rings (SSSR count). The van der Waals surface area contributed by atoms with E-state index in [-0.39, 0.29) is 6.04 Å². The van der Waals surface area contributed by atoms with E-state index in [2.05, 4.69) is 10.6 Å². The minimum atomic E-state index is -1.08. The third-order valence-electron chi connectivity index (χ3n) is 4.34. The number of ether oxygens (including phenoxy) is 2. The van der Waals surface area contributed by atoms with Gasteiger partial charge in [0.05, 0.1) is 7.11 Å². The molecule has 1 aromatic carbocycles. The fourth-order valence-corrected chi connectivity index (χ4v) is 2.86. The number of nitrogens with one attached hydrogen (secondary N) is 2. The summed E-state index contributed by atoms with van der Waals surface area (Å²) in [6.45, 7) is 1.42. The molecule has 27 heavy (non-hydrogen) atoms. The van der Waals surface area contributed by atoms with Gasteiger partial charge in [-0.2, -0.15) is 0 Å². The fraction of sp³-hybridized carbons (Fsp3) is 0.450. The number of urea groups is 1. The smallest absolute Gasteiger partial charge is 0.331 e. The lowest BCUT2D eigenvalue weighted by molar-refractivity contribution is -0.149. The maximum absolute atomic E-state index is 12.0. The second kappa shape index (κ2) is 10.4. The number of carbonyl (C=O) groups excluding carboxylic acids is 3. The zero-order chi connectivity index (χ0) is 19.6. The first-order valence-electron chi connectivity index (χ1n) is 9.12. The fourth-order valence-electron chi connectivity index (χ4n) is 2.86. The lowest BCUT2D eigenvalue weighted by Gasteiger charge is -2.23. The highest BCUT2D eigenvalue weighted by Gasteiger charge is 2.21. The number of benzene rings is 1. The van der Waals surface area contributed by atoms with Crippen molar-refractivity contribution < 1.29 is 23.9 Å². The van der Waals surface area contributed by atoms with Gasteiger partial charge in [-0.1, -0.05) is 31.4 Å². The third kappa shape index (κ3) is 7.13. The number of carbonyl (C=O) groups is 3. The van der Waals surface area contributed by atoms with Crippen LogP contribution in [0, 0.1) is 0 Å². The first-order chi connectivity index (χ1) is 13.0. The first kappa shape index (κ1) is 20.5. The van der Waals surface area contributed by atoms with E-state index in [1.165, 1.54) is 19.4 Å². The molecule has 0 bridgehead atoms. The number of esters is 1. The van der Waals surface area contributed by atoms with Gasteiger partial charge < -0.3 is 14.8 Å². The van der Waals surface area contributed by atoms with Crippen molar-refractivity contribution in [2.24, 2.45) is 0 Å². The van der Waals surface area contributed by atoms with Crippen LogP contribution in [-0.2, 0) is 14.3 Å². The second-order valence-corrected chi connectivity index (χ2v) is 6.49. The Morgan fingerprint density at radius 1 is 1.19 bits per heavy atom. The standard InChI is InChI=1S/C20H26N2O5/c1-14(19(24)22-20(25)21-16-8-4-3-5-9-16)27-18(23)12-11-15-7-6-10-17(13-15)26-2/h6-7,10-14,16H,3-5,8-9H2,1-2H3,(H2,21,22,24,25)/b12-11+. The van der Waals surface area contributed by atoms with E-state index < -0.39 is 24.0 Å². The van der Waals surface area contributed by atoms with Crippen molar-refractivity contribution in [1.82, 2.24) is 10.6 Å². The van der Waals surface area contributed by atoms with Gasteiger partial charge in [-0.15, -0.1) is 0 Å². The summed E-state index contributed by atoms with van der Waals surface area (Å²) in [6, 6.07) is 6.69. The maximum Gasteiger partial charge on any atom is 0.331 e. The molecule has 1 fully saturated rings. The Bertz CT molecular complexity index is 695. The van der Waals surface area contributed by atoms with Gasteiger partial charge in [-0.25, -0.2) is 9.59 Å². The quantitative estimate of drug-likeness (QED) is 0.590. The maximum atomic E-state index is 12.0. The van der Waals surface area contributed by atoms with Gasteiger partial charge in [0.1, 0.15) is 5.75 Å². The number of rotatable bonds is 6. The third-order valence-corrected chi connectivity index (χ3v) is 4.34. The molecular weight excluding hydrogens is 348 g/mol. The van der Waals surface area contributed by atoms with Crippen molar-refractivity contribution in [3.05, 3.63) is 35.9 Å². The molecule has 0 heterocycles. The summed E-state index contributed by atoms with van der Waals surface area (Å²) in [7, 11) is 1.56. The van der Waals surface area contributed by atoms with Crippen LogP contribution in [-0.4, -0.2) is 37.2 Å². The molecule has 7 heteroatoms. The second-order valence-electron chi connectivity index (χ2n) is 6.49. The van der Waals surface area contributed by atoms with Gasteiger partial charge in [-0.05, 0) is 43.5 Å². The Morgan fingerprint density at radius 2 is 1.93 bits per heavy atom. The molecule has 0 radical (unpaired) electrons. The SMILES string of the molecule is COc1cccc(/C=C/C(=O)OC(C)C(=O)NC(=O)NC2CCCCC2)c1. The highest BCUT2D eigenvalue weighted by Crippen LogP contribution is 2.17. The zero-order valence-electron chi connectivity index (χ0n) is 15.7. The molecule has 1 aliphatic carbocycles. The van der Waals surface area contributed by atoms with Crippen LogP contribution in [0.15, 0.2) is 30.3 Å². The van der Waals surface area contributed by atoms with Crippen LogP contribution in [0.1, 0.15) is 44.6 Å². The van der Waals surface area contributed by atoms with Gasteiger partial charge in [0.25, 0.3) is 5.91 Å². The van der Waals surface area contributed by atoms with Crippen LogP contribution in [0.5, 0.6) is 5.75 Å². The van der Waals surface area contributed by atoms with Crippen LogP contribution < -0.4 is 15.4 Å². The molecule has 0 spiro atoms. The minimum absolute atomic E-state index is 0.0928. The van der Waals surface area contributed by atoms with Gasteiger partial charge in [-0.3, -0.25) is 10.1 Å². The Morgan fingerprint density at radius 3 is 2.63 bits per heavy atom. The molecule has 0 aromatic heterocycles. The average molecular weight is 374 g/mol. The van der Waals surface area contributed by atoms with Crippen LogP contribution in [0.25, 0.3) is 6.08 Å². The van der Waals surface area contributed by atoms with E-state index in [4.69, 9.17) is 9.47 Å². The van der Waals surface area contributed by atoms with E-state index >= 15 is 0 Å². The summed E-state index contributed by atoms with van der Waals surface area (Å²) in [5.74, 6) is -0.665. The molecule has 1 atom stereocenters. The van der Waals surface area contributed by atoms with E-state index in [1.54, 1.807) is 37.5 Å². The predicted molar refractivity (Wildman–Crippen MR) is 101 cm³/mol. The van der Waals surface area contributed by atoms with Crippen molar-refractivity contribution in [2.75, 3.05) is 7.11 Å². The van der Waals surface area contributed by atoms with Gasteiger partial charge >= 0.3 is 12.0 Å². The van der Waals surface area contributed by atoms with Crippen molar-refractivity contribution >= 4 is 24.0 Å². The van der Waals surface area contributed by atoms with Crippen molar-refractivity contribution in [3.8, 4) is 5.75 Å². The Balaban J connectivity index is 1.77. The van der Waals surface area contributed by atoms with E-state index in [0.717, 1.165) is 31.2 Å². The van der Waals surface area contributed by atoms with E-state index in [0.29, 0.717) is 5.75 Å². The summed E-state index contributed by atoms with van der Waals surface area (Å²) < 4.78 is 10.1. The normalized spacial score (nSPS) is 15.8. The molecule has 2 N–H and O–H groups in total.